The number of hydrogen-bond donors (Lipinski definition) is 1. The third-order valence-corrected chi connectivity index (χ3v) is 3.37. The molecule has 0 fully saturated rings. The highest BCUT2D eigenvalue weighted by Crippen LogP contribution is 2.32. The highest BCUT2D eigenvalue weighted by molar-refractivity contribution is 5.63. The second-order valence-electron chi connectivity index (χ2n) is 5.31. The summed E-state index contributed by atoms with van der Waals surface area (Å²) in [5.41, 5.74) is 2.41. The Labute approximate surface area is 118 Å². The highest BCUT2D eigenvalue weighted by atomic mass is 16.5. The molecule has 0 radical (unpaired) electrons. The number of nitrogens with zero attached hydrogens (tertiary/aromatic N) is 2. The van der Waals surface area contributed by atoms with E-state index in [1.807, 2.05) is 26.0 Å². The van der Waals surface area contributed by atoms with Crippen LogP contribution in [-0.4, -0.2) is 16.7 Å². The van der Waals surface area contributed by atoms with E-state index < -0.39 is 0 Å². The average molecular weight is 273 g/mol. The van der Waals surface area contributed by atoms with Gasteiger partial charge in [-0.2, -0.15) is 4.98 Å². The zero-order valence-corrected chi connectivity index (χ0v) is 11.8. The molecule has 1 aliphatic heterocycles. The number of fused-ring (bicyclic) bond motifs is 1. The van der Waals surface area contributed by atoms with Crippen LogP contribution in [0.3, 0.4) is 0 Å². The number of rotatable bonds is 4. The Balaban J connectivity index is 1.71. The Morgan fingerprint density at radius 1 is 1.40 bits per heavy atom. The Morgan fingerprint density at radius 3 is 3.10 bits per heavy atom. The molecule has 0 unspecified atom stereocenters. The van der Waals surface area contributed by atoms with Crippen LogP contribution in [0.2, 0.25) is 0 Å². The van der Waals surface area contributed by atoms with E-state index in [0.717, 1.165) is 24.4 Å². The molecule has 0 saturated heterocycles. The van der Waals surface area contributed by atoms with E-state index >= 15 is 0 Å². The van der Waals surface area contributed by atoms with Gasteiger partial charge in [-0.05, 0) is 24.5 Å². The van der Waals surface area contributed by atoms with Gasteiger partial charge in [0.25, 0.3) is 0 Å². The van der Waals surface area contributed by atoms with E-state index in [0.29, 0.717) is 18.3 Å². The minimum Gasteiger partial charge on any atom is -0.483 e. The first kappa shape index (κ1) is 13.0. The number of nitrogens with one attached hydrogen (secondary N) is 1. The summed E-state index contributed by atoms with van der Waals surface area (Å²) in [6.07, 6.45) is 2.26. The molecule has 3 rings (SSSR count). The lowest BCUT2D eigenvalue weighted by Crippen LogP contribution is -2.13. The lowest BCUT2D eigenvalue weighted by Gasteiger charge is -2.20. The molecule has 1 aliphatic rings. The maximum Gasteiger partial charge on any atom is 0.229 e. The first-order valence-corrected chi connectivity index (χ1v) is 7.05. The van der Waals surface area contributed by atoms with Crippen molar-refractivity contribution in [2.45, 2.75) is 39.2 Å². The van der Waals surface area contributed by atoms with E-state index in [9.17, 15) is 0 Å². The van der Waals surface area contributed by atoms with Gasteiger partial charge in [0.2, 0.25) is 11.7 Å². The molecule has 1 aromatic carbocycles. The van der Waals surface area contributed by atoms with Crippen LogP contribution in [0.5, 0.6) is 5.75 Å². The summed E-state index contributed by atoms with van der Waals surface area (Å²) >= 11 is 0. The molecule has 1 N–H and O–H groups in total. The topological polar surface area (TPSA) is 60.2 Å². The van der Waals surface area contributed by atoms with Crippen LogP contribution < -0.4 is 10.1 Å². The SMILES string of the molecule is CC(C)c1nc(COc2cccc3c2NCCC3)no1. The van der Waals surface area contributed by atoms with E-state index in [1.54, 1.807) is 0 Å². The molecule has 106 valence electrons. The zero-order chi connectivity index (χ0) is 13.9. The van der Waals surface area contributed by atoms with Gasteiger partial charge in [-0.15, -0.1) is 0 Å². The largest absolute Gasteiger partial charge is 0.483 e. The van der Waals surface area contributed by atoms with Crippen molar-refractivity contribution >= 4 is 5.69 Å². The maximum absolute atomic E-state index is 5.84. The quantitative estimate of drug-likeness (QED) is 0.927. The fourth-order valence-corrected chi connectivity index (χ4v) is 2.30. The summed E-state index contributed by atoms with van der Waals surface area (Å²) in [6.45, 7) is 5.37. The highest BCUT2D eigenvalue weighted by Gasteiger charge is 2.15. The van der Waals surface area contributed by atoms with E-state index in [4.69, 9.17) is 9.26 Å². The lowest BCUT2D eigenvalue weighted by atomic mass is 10.0. The molecule has 0 saturated carbocycles. The molecule has 0 amide bonds. The number of benzene rings is 1. The van der Waals surface area contributed by atoms with Gasteiger partial charge in [0.15, 0.2) is 6.61 Å². The van der Waals surface area contributed by atoms with Crippen molar-refractivity contribution in [2.75, 3.05) is 11.9 Å². The second-order valence-corrected chi connectivity index (χ2v) is 5.31. The molecule has 2 heterocycles. The minimum absolute atomic E-state index is 0.238. The molecule has 0 atom stereocenters. The fraction of sp³-hybridized carbons (Fsp3) is 0.467. The Bertz CT molecular complexity index is 593. The predicted molar refractivity (Wildman–Crippen MR) is 76.0 cm³/mol. The molecular weight excluding hydrogens is 254 g/mol. The van der Waals surface area contributed by atoms with Crippen molar-refractivity contribution in [3.63, 3.8) is 0 Å². The summed E-state index contributed by atoms with van der Waals surface area (Å²) in [5, 5.41) is 7.33. The normalized spacial score (nSPS) is 13.9. The lowest BCUT2D eigenvalue weighted by molar-refractivity contribution is 0.285. The van der Waals surface area contributed by atoms with Gasteiger partial charge in [0.05, 0.1) is 5.69 Å². The summed E-state index contributed by atoms with van der Waals surface area (Å²) in [5.74, 6) is 2.33. The monoisotopic (exact) mass is 273 g/mol. The first-order chi connectivity index (χ1) is 9.74. The molecule has 5 heteroatoms. The number of aromatic nitrogens is 2. The van der Waals surface area contributed by atoms with Gasteiger partial charge in [-0.1, -0.05) is 31.1 Å². The van der Waals surface area contributed by atoms with Crippen LogP contribution >= 0.6 is 0 Å². The Hall–Kier alpha value is -2.04. The average Bonchev–Trinajstić information content (AvgIpc) is 2.94. The van der Waals surface area contributed by atoms with Crippen LogP contribution in [0.1, 0.15) is 43.5 Å². The number of para-hydroxylation sites is 1. The van der Waals surface area contributed by atoms with Gasteiger partial charge in [0, 0.05) is 12.5 Å². The molecule has 0 spiro atoms. The molecule has 5 nitrogen and oxygen atoms in total. The van der Waals surface area contributed by atoms with Gasteiger partial charge in [0.1, 0.15) is 5.75 Å². The molecule has 1 aromatic heterocycles. The van der Waals surface area contributed by atoms with Crippen LogP contribution in [0, 0.1) is 0 Å². The summed E-state index contributed by atoms with van der Waals surface area (Å²) in [6, 6.07) is 6.14. The second kappa shape index (κ2) is 5.53. The number of hydrogen-bond acceptors (Lipinski definition) is 5. The van der Waals surface area contributed by atoms with Gasteiger partial charge in [-0.3, -0.25) is 0 Å². The zero-order valence-electron chi connectivity index (χ0n) is 11.8. The molecule has 0 aliphatic carbocycles. The van der Waals surface area contributed by atoms with Crippen molar-refractivity contribution in [2.24, 2.45) is 0 Å². The predicted octanol–water partition coefficient (Wildman–Crippen LogP) is 3.13. The van der Waals surface area contributed by atoms with E-state index in [2.05, 4.69) is 21.5 Å². The number of anilines is 1. The smallest absolute Gasteiger partial charge is 0.229 e. The molecular formula is C15H19N3O2. The third kappa shape index (κ3) is 2.61. The fourth-order valence-electron chi connectivity index (χ4n) is 2.30. The Morgan fingerprint density at radius 2 is 2.30 bits per heavy atom. The van der Waals surface area contributed by atoms with Crippen molar-refractivity contribution in [3.05, 3.63) is 35.5 Å². The number of aryl methyl sites for hydroxylation is 1. The van der Waals surface area contributed by atoms with Gasteiger partial charge in [-0.25, -0.2) is 0 Å². The van der Waals surface area contributed by atoms with Gasteiger partial charge >= 0.3 is 0 Å². The van der Waals surface area contributed by atoms with E-state index in [1.165, 1.54) is 12.0 Å². The Kier molecular flexibility index (Phi) is 3.58. The number of ether oxygens (including phenoxy) is 1. The summed E-state index contributed by atoms with van der Waals surface area (Å²) in [4.78, 5) is 4.31. The molecule has 0 bridgehead atoms. The molecule has 20 heavy (non-hydrogen) atoms. The van der Waals surface area contributed by atoms with E-state index in [-0.39, 0.29) is 5.92 Å². The van der Waals surface area contributed by atoms with Crippen molar-refractivity contribution in [1.29, 1.82) is 0 Å². The standard InChI is InChI=1S/C15H19N3O2/c1-10(2)15-17-13(18-20-15)9-19-12-7-3-5-11-6-4-8-16-14(11)12/h3,5,7,10,16H,4,6,8-9H2,1-2H3. The molecule has 2 aromatic rings. The summed E-state index contributed by atoms with van der Waals surface area (Å²) in [7, 11) is 0. The van der Waals surface area contributed by atoms with Crippen molar-refractivity contribution in [3.8, 4) is 5.75 Å². The van der Waals surface area contributed by atoms with Crippen LogP contribution in [0.15, 0.2) is 22.7 Å². The van der Waals surface area contributed by atoms with Crippen LogP contribution in [0.25, 0.3) is 0 Å². The maximum atomic E-state index is 5.84. The van der Waals surface area contributed by atoms with Gasteiger partial charge < -0.3 is 14.6 Å². The summed E-state index contributed by atoms with van der Waals surface area (Å²) < 4.78 is 11.0. The van der Waals surface area contributed by atoms with Crippen molar-refractivity contribution in [1.82, 2.24) is 10.1 Å². The van der Waals surface area contributed by atoms with Crippen LogP contribution in [0.4, 0.5) is 5.69 Å². The minimum atomic E-state index is 0.238. The van der Waals surface area contributed by atoms with Crippen molar-refractivity contribution < 1.29 is 9.26 Å². The first-order valence-electron chi connectivity index (χ1n) is 7.05. The van der Waals surface area contributed by atoms with Crippen LogP contribution in [-0.2, 0) is 13.0 Å². The third-order valence-electron chi connectivity index (χ3n) is 3.37.